The zero-order valence-electron chi connectivity index (χ0n) is 14.5. The lowest BCUT2D eigenvalue weighted by atomic mass is 10.0. The number of halogens is 1. The summed E-state index contributed by atoms with van der Waals surface area (Å²) in [6.45, 7) is 11.9. The van der Waals surface area contributed by atoms with Crippen LogP contribution in [-0.4, -0.2) is 43.1 Å². The number of nitrogens with zero attached hydrogens (tertiary/aromatic N) is 2. The van der Waals surface area contributed by atoms with Crippen molar-refractivity contribution in [3.8, 4) is 0 Å². The number of hydrogen-bond donors (Lipinski definition) is 2. The van der Waals surface area contributed by atoms with E-state index in [0.717, 1.165) is 25.6 Å². The van der Waals surface area contributed by atoms with Crippen molar-refractivity contribution in [2.75, 3.05) is 26.2 Å². The Hall–Kier alpha value is -0.340. The molecule has 1 aliphatic heterocycles. The van der Waals surface area contributed by atoms with E-state index in [2.05, 4.69) is 53.8 Å². The smallest absolute Gasteiger partial charge is 0.191 e. The molecule has 0 spiro atoms. The first-order chi connectivity index (χ1) is 10.7. The highest BCUT2D eigenvalue weighted by atomic mass is 127. The summed E-state index contributed by atoms with van der Waals surface area (Å²) >= 11 is 1.76. The van der Waals surface area contributed by atoms with Crippen LogP contribution >= 0.6 is 35.3 Å². The fourth-order valence-electron chi connectivity index (χ4n) is 2.96. The lowest BCUT2D eigenvalue weighted by Gasteiger charge is -2.31. The van der Waals surface area contributed by atoms with Gasteiger partial charge >= 0.3 is 0 Å². The van der Waals surface area contributed by atoms with E-state index in [0.29, 0.717) is 12.0 Å². The molecule has 4 nitrogen and oxygen atoms in total. The van der Waals surface area contributed by atoms with E-state index in [1.54, 1.807) is 11.3 Å². The Morgan fingerprint density at radius 1 is 1.30 bits per heavy atom. The molecule has 1 fully saturated rings. The van der Waals surface area contributed by atoms with Crippen LogP contribution in [0.1, 0.15) is 38.5 Å². The minimum atomic E-state index is 0. The molecule has 0 aliphatic carbocycles. The molecule has 0 saturated carbocycles. The third kappa shape index (κ3) is 6.97. The summed E-state index contributed by atoms with van der Waals surface area (Å²) in [5, 5.41) is 9.00. The number of guanidine groups is 1. The van der Waals surface area contributed by atoms with Crippen LogP contribution in [0.15, 0.2) is 22.5 Å². The lowest BCUT2D eigenvalue weighted by Crippen LogP contribution is -2.48. The molecular formula is C17H31IN4S. The molecule has 1 aliphatic rings. The van der Waals surface area contributed by atoms with E-state index in [1.807, 2.05) is 0 Å². The van der Waals surface area contributed by atoms with Crippen LogP contribution in [-0.2, 0) is 6.54 Å². The van der Waals surface area contributed by atoms with Gasteiger partial charge in [-0.3, -0.25) is 4.90 Å². The van der Waals surface area contributed by atoms with E-state index in [1.165, 1.54) is 30.8 Å². The van der Waals surface area contributed by atoms with Crippen LogP contribution in [0.2, 0.25) is 0 Å². The van der Waals surface area contributed by atoms with Crippen molar-refractivity contribution in [3.63, 3.8) is 0 Å². The summed E-state index contributed by atoms with van der Waals surface area (Å²) in [5.74, 6) is 1.59. The Balaban J connectivity index is 0.00000264. The minimum absolute atomic E-state index is 0. The summed E-state index contributed by atoms with van der Waals surface area (Å²) in [6.07, 6.45) is 2.69. The minimum Gasteiger partial charge on any atom is -0.357 e. The zero-order valence-corrected chi connectivity index (χ0v) is 17.7. The first-order valence-corrected chi connectivity index (χ1v) is 9.37. The third-order valence-corrected chi connectivity index (χ3v) is 5.04. The predicted octanol–water partition coefficient (Wildman–Crippen LogP) is 3.54. The first kappa shape index (κ1) is 20.7. The Labute approximate surface area is 162 Å². The molecule has 1 unspecified atom stereocenters. The van der Waals surface area contributed by atoms with Crippen LogP contribution in [0, 0.1) is 5.92 Å². The highest BCUT2D eigenvalue weighted by Gasteiger charge is 2.24. The Morgan fingerprint density at radius 2 is 2.04 bits per heavy atom. The molecule has 0 bridgehead atoms. The number of aliphatic imine (C=N–C) groups is 1. The maximum atomic E-state index is 4.70. The number of hydrogen-bond acceptors (Lipinski definition) is 3. The van der Waals surface area contributed by atoms with Crippen molar-refractivity contribution >= 4 is 41.3 Å². The Kier molecular flexibility index (Phi) is 10.1. The largest absolute Gasteiger partial charge is 0.357 e. The summed E-state index contributed by atoms with van der Waals surface area (Å²) in [6, 6.07) is 4.81. The van der Waals surface area contributed by atoms with Crippen molar-refractivity contribution in [1.29, 1.82) is 0 Å². The second-order valence-corrected chi connectivity index (χ2v) is 7.24. The molecule has 1 saturated heterocycles. The molecule has 1 atom stereocenters. The van der Waals surface area contributed by atoms with E-state index in [9.17, 15) is 0 Å². The SMILES string of the molecule is CCNC(=NCc1cccs1)NCC(C(C)C)N1CCCC1.I. The quantitative estimate of drug-likeness (QED) is 0.379. The lowest BCUT2D eigenvalue weighted by molar-refractivity contribution is 0.192. The molecule has 1 aromatic rings. The van der Waals surface area contributed by atoms with Gasteiger partial charge in [0.1, 0.15) is 0 Å². The molecular weight excluding hydrogens is 419 g/mol. The first-order valence-electron chi connectivity index (χ1n) is 8.49. The predicted molar refractivity (Wildman–Crippen MR) is 112 cm³/mol. The average Bonchev–Trinajstić information content (AvgIpc) is 3.18. The summed E-state index contributed by atoms with van der Waals surface area (Å²) in [5.41, 5.74) is 0. The average molecular weight is 450 g/mol. The normalized spacial score (nSPS) is 17.1. The number of nitrogens with one attached hydrogen (secondary N) is 2. The van der Waals surface area contributed by atoms with Crippen molar-refractivity contribution in [3.05, 3.63) is 22.4 Å². The molecule has 0 amide bonds. The van der Waals surface area contributed by atoms with Gasteiger partial charge in [-0.1, -0.05) is 19.9 Å². The van der Waals surface area contributed by atoms with Crippen molar-refractivity contribution in [1.82, 2.24) is 15.5 Å². The maximum absolute atomic E-state index is 4.70. The van der Waals surface area contributed by atoms with Crippen molar-refractivity contribution in [2.45, 2.75) is 46.2 Å². The van der Waals surface area contributed by atoms with Gasteiger partial charge in [-0.2, -0.15) is 0 Å². The van der Waals surface area contributed by atoms with Gasteiger partial charge in [-0.05, 0) is 50.2 Å². The van der Waals surface area contributed by atoms with Gasteiger partial charge in [0.05, 0.1) is 6.54 Å². The van der Waals surface area contributed by atoms with E-state index in [-0.39, 0.29) is 24.0 Å². The van der Waals surface area contributed by atoms with Crippen LogP contribution < -0.4 is 10.6 Å². The molecule has 23 heavy (non-hydrogen) atoms. The molecule has 2 rings (SSSR count). The topological polar surface area (TPSA) is 39.7 Å². The monoisotopic (exact) mass is 450 g/mol. The number of thiophene rings is 1. The van der Waals surface area contributed by atoms with Crippen molar-refractivity contribution in [2.24, 2.45) is 10.9 Å². The fourth-order valence-corrected chi connectivity index (χ4v) is 3.59. The van der Waals surface area contributed by atoms with Gasteiger partial charge < -0.3 is 10.6 Å². The molecule has 0 radical (unpaired) electrons. The van der Waals surface area contributed by atoms with Gasteiger partial charge in [0.25, 0.3) is 0 Å². The third-order valence-electron chi connectivity index (χ3n) is 4.18. The van der Waals surface area contributed by atoms with Gasteiger partial charge in [0.2, 0.25) is 0 Å². The van der Waals surface area contributed by atoms with Gasteiger partial charge in [0, 0.05) is 24.0 Å². The van der Waals surface area contributed by atoms with Gasteiger partial charge in [0.15, 0.2) is 5.96 Å². The molecule has 1 aromatic heterocycles. The van der Waals surface area contributed by atoms with Crippen molar-refractivity contribution < 1.29 is 0 Å². The highest BCUT2D eigenvalue weighted by Crippen LogP contribution is 2.17. The zero-order chi connectivity index (χ0) is 15.8. The van der Waals surface area contributed by atoms with Crippen LogP contribution in [0.3, 0.4) is 0 Å². The van der Waals surface area contributed by atoms with Gasteiger partial charge in [-0.15, -0.1) is 35.3 Å². The molecule has 132 valence electrons. The molecule has 6 heteroatoms. The molecule has 2 heterocycles. The molecule has 2 N–H and O–H groups in total. The fraction of sp³-hybridized carbons (Fsp3) is 0.706. The van der Waals surface area contributed by atoms with E-state index < -0.39 is 0 Å². The second-order valence-electron chi connectivity index (χ2n) is 6.21. The highest BCUT2D eigenvalue weighted by molar-refractivity contribution is 14.0. The maximum Gasteiger partial charge on any atom is 0.191 e. The van der Waals surface area contributed by atoms with E-state index >= 15 is 0 Å². The summed E-state index contributed by atoms with van der Waals surface area (Å²) in [7, 11) is 0. The molecule has 0 aromatic carbocycles. The van der Waals surface area contributed by atoms with Gasteiger partial charge in [-0.25, -0.2) is 4.99 Å². The standard InChI is InChI=1S/C17H30N4S.HI/c1-4-18-17(19-12-15-8-7-11-22-15)20-13-16(14(2)3)21-9-5-6-10-21;/h7-8,11,14,16H,4-6,9-10,12-13H2,1-3H3,(H2,18,19,20);1H. The number of rotatable bonds is 7. The van der Waals surface area contributed by atoms with E-state index in [4.69, 9.17) is 4.99 Å². The van der Waals surface area contributed by atoms with Crippen LogP contribution in [0.25, 0.3) is 0 Å². The van der Waals surface area contributed by atoms with Crippen LogP contribution in [0.5, 0.6) is 0 Å². The Bertz CT molecular complexity index is 441. The summed E-state index contributed by atoms with van der Waals surface area (Å²) < 4.78 is 0. The summed E-state index contributed by atoms with van der Waals surface area (Å²) in [4.78, 5) is 8.63. The Morgan fingerprint density at radius 3 is 2.61 bits per heavy atom. The second kappa shape index (κ2) is 11.3. The van der Waals surface area contributed by atoms with Crippen LogP contribution in [0.4, 0.5) is 0 Å². The number of likely N-dealkylation sites (tertiary alicyclic amines) is 1.